The van der Waals surface area contributed by atoms with Crippen molar-refractivity contribution in [1.82, 2.24) is 19.4 Å². The molecule has 1 aromatic carbocycles. The van der Waals surface area contributed by atoms with Gasteiger partial charge in [-0.1, -0.05) is 6.08 Å². The first kappa shape index (κ1) is 19.9. The highest BCUT2D eigenvalue weighted by Gasteiger charge is 2.27. The van der Waals surface area contributed by atoms with Gasteiger partial charge in [-0.3, -0.25) is 4.98 Å². The topological polar surface area (TPSA) is 78.6 Å². The molecule has 166 valence electrons. The molecule has 2 N–H and O–H groups in total. The van der Waals surface area contributed by atoms with Crippen LogP contribution >= 0.6 is 0 Å². The SMILES string of the molecule is CC1(O)CCN(c2ccc(Nc3nc(-c4cnc5c(c4)CC=C5)cn4ccnc34)cc2)CC1. The van der Waals surface area contributed by atoms with Crippen LogP contribution in [0.2, 0.25) is 0 Å². The molecule has 6 rings (SSSR count). The number of allylic oxidation sites excluding steroid dienone is 1. The second-order valence-corrected chi connectivity index (χ2v) is 9.16. The van der Waals surface area contributed by atoms with Crippen molar-refractivity contribution in [1.29, 1.82) is 0 Å². The summed E-state index contributed by atoms with van der Waals surface area (Å²) >= 11 is 0. The summed E-state index contributed by atoms with van der Waals surface area (Å²) in [6, 6.07) is 10.5. The van der Waals surface area contributed by atoms with Crippen LogP contribution in [0.25, 0.3) is 23.0 Å². The highest BCUT2D eigenvalue weighted by molar-refractivity contribution is 5.75. The molecule has 7 heteroatoms. The number of pyridine rings is 1. The van der Waals surface area contributed by atoms with Crippen molar-refractivity contribution < 1.29 is 5.11 Å². The number of nitrogens with zero attached hydrogens (tertiary/aromatic N) is 5. The van der Waals surface area contributed by atoms with E-state index >= 15 is 0 Å². The summed E-state index contributed by atoms with van der Waals surface area (Å²) in [7, 11) is 0. The van der Waals surface area contributed by atoms with Gasteiger partial charge in [-0.15, -0.1) is 0 Å². The predicted octanol–water partition coefficient (Wildman–Crippen LogP) is 4.46. The maximum atomic E-state index is 10.2. The van der Waals surface area contributed by atoms with Crippen LogP contribution in [0, 0.1) is 0 Å². The fourth-order valence-electron chi connectivity index (χ4n) is 4.57. The standard InChI is InChI=1S/C26H26N6O/c1-26(33)9-12-31(13-10-26)21-7-5-20(6-8-21)29-24-25-27-11-14-32(25)17-23(30-24)19-15-18-3-2-4-22(18)28-16-19/h2,4-8,11,14-17,33H,3,9-10,12-13H2,1H3,(H,29,30). The van der Waals surface area contributed by atoms with Crippen LogP contribution in [0.1, 0.15) is 31.0 Å². The van der Waals surface area contributed by atoms with Crippen molar-refractivity contribution in [3.63, 3.8) is 0 Å². The van der Waals surface area contributed by atoms with Crippen LogP contribution in [0.4, 0.5) is 17.2 Å². The second kappa shape index (κ2) is 7.71. The Hall–Kier alpha value is -3.71. The first-order chi connectivity index (χ1) is 16.0. The summed E-state index contributed by atoms with van der Waals surface area (Å²) < 4.78 is 1.99. The minimum atomic E-state index is -0.547. The lowest BCUT2D eigenvalue weighted by atomic mass is 9.93. The Labute approximate surface area is 192 Å². The van der Waals surface area contributed by atoms with Gasteiger partial charge >= 0.3 is 0 Å². The lowest BCUT2D eigenvalue weighted by Crippen LogP contribution is -2.42. The normalized spacial score (nSPS) is 16.8. The number of piperidine rings is 1. The Bertz CT molecular complexity index is 1350. The molecular weight excluding hydrogens is 412 g/mol. The predicted molar refractivity (Wildman–Crippen MR) is 131 cm³/mol. The molecule has 0 bridgehead atoms. The van der Waals surface area contributed by atoms with Gasteiger partial charge in [-0.25, -0.2) is 9.97 Å². The van der Waals surface area contributed by atoms with Crippen molar-refractivity contribution in [2.75, 3.05) is 23.3 Å². The highest BCUT2D eigenvalue weighted by atomic mass is 16.3. The maximum absolute atomic E-state index is 10.2. The highest BCUT2D eigenvalue weighted by Crippen LogP contribution is 2.29. The van der Waals surface area contributed by atoms with Gasteiger partial charge in [-0.2, -0.15) is 0 Å². The van der Waals surface area contributed by atoms with Gasteiger partial charge in [0.05, 0.1) is 17.0 Å². The Morgan fingerprint density at radius 2 is 1.91 bits per heavy atom. The molecule has 0 unspecified atom stereocenters. The quantitative estimate of drug-likeness (QED) is 0.490. The van der Waals surface area contributed by atoms with Gasteiger partial charge in [0, 0.05) is 54.8 Å². The van der Waals surface area contributed by atoms with Gasteiger partial charge in [0.2, 0.25) is 0 Å². The molecule has 1 aliphatic carbocycles. The van der Waals surface area contributed by atoms with E-state index in [9.17, 15) is 5.11 Å². The number of nitrogens with one attached hydrogen (secondary N) is 1. The summed E-state index contributed by atoms with van der Waals surface area (Å²) in [5.41, 5.74) is 6.46. The molecule has 33 heavy (non-hydrogen) atoms. The van der Waals surface area contributed by atoms with Crippen LogP contribution in [0.5, 0.6) is 0 Å². The van der Waals surface area contributed by atoms with E-state index in [1.54, 1.807) is 6.20 Å². The van der Waals surface area contributed by atoms with Gasteiger partial charge in [0.1, 0.15) is 0 Å². The number of hydrogen-bond acceptors (Lipinski definition) is 6. The number of hydrogen-bond donors (Lipinski definition) is 2. The van der Waals surface area contributed by atoms with E-state index in [-0.39, 0.29) is 0 Å². The largest absolute Gasteiger partial charge is 0.390 e. The average Bonchev–Trinajstić information content (AvgIpc) is 3.48. The Morgan fingerprint density at radius 1 is 1.09 bits per heavy atom. The molecular formula is C26H26N6O. The monoisotopic (exact) mass is 438 g/mol. The molecule has 0 amide bonds. The van der Waals surface area contributed by atoms with Gasteiger partial charge < -0.3 is 19.7 Å². The summed E-state index contributed by atoms with van der Waals surface area (Å²) in [4.78, 5) is 16.3. The zero-order valence-electron chi connectivity index (χ0n) is 18.6. The summed E-state index contributed by atoms with van der Waals surface area (Å²) in [5, 5.41) is 13.7. The number of rotatable bonds is 4. The van der Waals surface area contributed by atoms with Crippen molar-refractivity contribution in [3.05, 3.63) is 72.5 Å². The smallest absolute Gasteiger partial charge is 0.180 e. The molecule has 1 saturated heterocycles. The van der Waals surface area contributed by atoms with Crippen molar-refractivity contribution in [3.8, 4) is 11.3 Å². The van der Waals surface area contributed by atoms with Crippen molar-refractivity contribution >= 4 is 28.9 Å². The average molecular weight is 439 g/mol. The molecule has 0 spiro atoms. The lowest BCUT2D eigenvalue weighted by Gasteiger charge is -2.37. The van der Waals surface area contributed by atoms with Crippen LogP contribution in [-0.4, -0.2) is 43.1 Å². The van der Waals surface area contributed by atoms with Crippen LogP contribution < -0.4 is 10.2 Å². The number of anilines is 3. The molecule has 2 aliphatic rings. The van der Waals surface area contributed by atoms with E-state index < -0.39 is 5.60 Å². The number of imidazole rings is 1. The van der Waals surface area contributed by atoms with E-state index in [1.807, 2.05) is 29.9 Å². The van der Waals surface area contributed by atoms with E-state index in [2.05, 4.69) is 62.7 Å². The number of aliphatic hydroxyl groups is 1. The zero-order valence-corrected chi connectivity index (χ0v) is 18.6. The fraction of sp³-hybridized carbons (Fsp3) is 0.269. The van der Waals surface area contributed by atoms with Gasteiger partial charge in [0.15, 0.2) is 11.5 Å². The molecule has 1 aliphatic heterocycles. The Morgan fingerprint density at radius 3 is 2.73 bits per heavy atom. The Balaban J connectivity index is 1.27. The molecule has 0 radical (unpaired) electrons. The van der Waals surface area contributed by atoms with Crippen LogP contribution in [0.15, 0.2) is 61.2 Å². The van der Waals surface area contributed by atoms with E-state index in [0.29, 0.717) is 5.82 Å². The summed E-state index contributed by atoms with van der Waals surface area (Å²) in [6.07, 6.45) is 14.3. The van der Waals surface area contributed by atoms with Gasteiger partial charge in [-0.05, 0) is 68.2 Å². The molecule has 1 fully saturated rings. The fourth-order valence-corrected chi connectivity index (χ4v) is 4.57. The molecule has 0 atom stereocenters. The van der Waals surface area contributed by atoms with E-state index in [1.165, 1.54) is 11.3 Å². The number of aromatic nitrogens is 4. The first-order valence-electron chi connectivity index (χ1n) is 11.4. The maximum Gasteiger partial charge on any atom is 0.180 e. The molecule has 0 saturated carbocycles. The molecule has 3 aromatic heterocycles. The number of benzene rings is 1. The zero-order chi connectivity index (χ0) is 22.4. The van der Waals surface area contributed by atoms with E-state index in [4.69, 9.17) is 4.98 Å². The third-order valence-electron chi connectivity index (χ3n) is 6.62. The second-order valence-electron chi connectivity index (χ2n) is 9.16. The number of fused-ring (bicyclic) bond motifs is 2. The van der Waals surface area contributed by atoms with E-state index in [0.717, 1.165) is 60.6 Å². The third-order valence-corrected chi connectivity index (χ3v) is 6.62. The van der Waals surface area contributed by atoms with Crippen LogP contribution in [0.3, 0.4) is 0 Å². The molecule has 4 aromatic rings. The Kier molecular flexibility index (Phi) is 4.66. The minimum Gasteiger partial charge on any atom is -0.390 e. The van der Waals surface area contributed by atoms with Crippen molar-refractivity contribution in [2.24, 2.45) is 0 Å². The summed E-state index contributed by atoms with van der Waals surface area (Å²) in [6.45, 7) is 3.65. The third kappa shape index (κ3) is 3.85. The van der Waals surface area contributed by atoms with Crippen molar-refractivity contribution in [2.45, 2.75) is 31.8 Å². The lowest BCUT2D eigenvalue weighted by molar-refractivity contribution is 0.0351. The minimum absolute atomic E-state index is 0.547. The van der Waals surface area contributed by atoms with Gasteiger partial charge in [0.25, 0.3) is 0 Å². The summed E-state index contributed by atoms with van der Waals surface area (Å²) in [5.74, 6) is 0.706. The molecule has 4 heterocycles. The van der Waals surface area contributed by atoms with Crippen LogP contribution in [-0.2, 0) is 6.42 Å². The molecule has 7 nitrogen and oxygen atoms in total. The first-order valence-corrected chi connectivity index (χ1v) is 11.4.